The Balaban J connectivity index is 2.17. The van der Waals surface area contributed by atoms with Crippen LogP contribution in [0.15, 0.2) is 18.2 Å². The molecule has 0 heterocycles. The van der Waals surface area contributed by atoms with E-state index in [4.69, 9.17) is 0 Å². The summed E-state index contributed by atoms with van der Waals surface area (Å²) in [5.74, 6) is 0.328. The van der Waals surface area contributed by atoms with E-state index in [9.17, 15) is 9.18 Å². The summed E-state index contributed by atoms with van der Waals surface area (Å²) in [6.07, 6.45) is 5.71. The number of halogens is 1. The number of carbonyl (C=O) groups is 1. The van der Waals surface area contributed by atoms with Gasteiger partial charge < -0.3 is 4.90 Å². The molecule has 0 aromatic heterocycles. The van der Waals surface area contributed by atoms with E-state index in [1.54, 1.807) is 12.1 Å². The van der Waals surface area contributed by atoms with Crippen LogP contribution in [0, 0.1) is 11.7 Å². The Bertz CT molecular complexity index is 399. The van der Waals surface area contributed by atoms with Gasteiger partial charge in [0.25, 0.3) is 0 Å². The molecule has 2 nitrogen and oxygen atoms in total. The molecular weight excluding hydrogens is 217 g/mol. The second-order valence-corrected chi connectivity index (χ2v) is 4.83. The topological polar surface area (TPSA) is 20.3 Å². The van der Waals surface area contributed by atoms with E-state index in [0.29, 0.717) is 17.2 Å². The lowest BCUT2D eigenvalue weighted by molar-refractivity contribution is 0.112. The van der Waals surface area contributed by atoms with Crippen LogP contribution in [-0.4, -0.2) is 19.9 Å². The zero-order chi connectivity index (χ0) is 12.3. The lowest BCUT2D eigenvalue weighted by Gasteiger charge is -2.24. The van der Waals surface area contributed by atoms with Gasteiger partial charge in [-0.2, -0.15) is 0 Å². The molecule has 2 rings (SSSR count). The first-order chi connectivity index (χ1) is 8.22. The number of nitrogens with zero attached hydrogens (tertiary/aromatic N) is 1. The van der Waals surface area contributed by atoms with Crippen LogP contribution in [-0.2, 0) is 0 Å². The van der Waals surface area contributed by atoms with Crippen molar-refractivity contribution in [3.8, 4) is 0 Å². The van der Waals surface area contributed by atoms with Crippen molar-refractivity contribution in [2.75, 3.05) is 18.5 Å². The maximum Gasteiger partial charge on any atom is 0.152 e. The highest BCUT2D eigenvalue weighted by molar-refractivity contribution is 5.84. The highest BCUT2D eigenvalue weighted by Gasteiger charge is 2.19. The van der Waals surface area contributed by atoms with Gasteiger partial charge in [0.15, 0.2) is 6.29 Å². The smallest absolute Gasteiger partial charge is 0.152 e. The molecule has 0 N–H and O–H groups in total. The Kier molecular flexibility index (Phi) is 3.77. The van der Waals surface area contributed by atoms with Gasteiger partial charge in [0.2, 0.25) is 0 Å². The number of benzene rings is 1. The quantitative estimate of drug-likeness (QED) is 0.746. The summed E-state index contributed by atoms with van der Waals surface area (Å²) in [5, 5.41) is 0. The van der Waals surface area contributed by atoms with Gasteiger partial charge in [0, 0.05) is 19.2 Å². The van der Waals surface area contributed by atoms with E-state index in [1.807, 2.05) is 11.9 Å². The van der Waals surface area contributed by atoms with Crippen LogP contribution >= 0.6 is 0 Å². The summed E-state index contributed by atoms with van der Waals surface area (Å²) in [5.41, 5.74) is 0.875. The average Bonchev–Trinajstić information content (AvgIpc) is 2.81. The minimum atomic E-state index is -0.310. The number of hydrogen-bond acceptors (Lipinski definition) is 2. The minimum absolute atomic E-state index is 0.310. The molecule has 0 amide bonds. The predicted octanol–water partition coefficient (Wildman–Crippen LogP) is 3.26. The van der Waals surface area contributed by atoms with Gasteiger partial charge in [0.1, 0.15) is 5.82 Å². The molecule has 1 aromatic rings. The molecule has 0 unspecified atom stereocenters. The highest BCUT2D eigenvalue weighted by atomic mass is 19.1. The number of hydrogen-bond donors (Lipinski definition) is 0. The summed E-state index contributed by atoms with van der Waals surface area (Å²) in [6.45, 7) is 0.835. The number of para-hydroxylation sites is 1. The van der Waals surface area contributed by atoms with Gasteiger partial charge >= 0.3 is 0 Å². The zero-order valence-electron chi connectivity index (χ0n) is 10.2. The Morgan fingerprint density at radius 3 is 2.76 bits per heavy atom. The lowest BCUT2D eigenvalue weighted by atomic mass is 10.1. The number of anilines is 1. The summed E-state index contributed by atoms with van der Waals surface area (Å²) in [6, 6.07) is 4.65. The van der Waals surface area contributed by atoms with Crippen molar-refractivity contribution in [3.63, 3.8) is 0 Å². The number of carbonyl (C=O) groups excluding carboxylic acids is 1. The SMILES string of the molecule is CN(CC1CCCC1)c1c(F)cccc1C=O. The van der Waals surface area contributed by atoms with E-state index in [0.717, 1.165) is 12.8 Å². The third-order valence-corrected chi connectivity index (χ3v) is 3.53. The lowest BCUT2D eigenvalue weighted by Crippen LogP contribution is -2.26. The van der Waals surface area contributed by atoms with Crippen LogP contribution < -0.4 is 4.90 Å². The molecular formula is C14H18FNO. The van der Waals surface area contributed by atoms with Crippen LogP contribution in [0.2, 0.25) is 0 Å². The third-order valence-electron chi connectivity index (χ3n) is 3.53. The largest absolute Gasteiger partial charge is 0.371 e. The summed E-state index contributed by atoms with van der Waals surface area (Å²) >= 11 is 0. The fourth-order valence-electron chi connectivity index (χ4n) is 2.70. The van der Waals surface area contributed by atoms with Crippen molar-refractivity contribution < 1.29 is 9.18 Å². The Morgan fingerprint density at radius 2 is 2.12 bits per heavy atom. The Labute approximate surface area is 101 Å². The van der Waals surface area contributed by atoms with Crippen molar-refractivity contribution >= 4 is 12.0 Å². The van der Waals surface area contributed by atoms with E-state index < -0.39 is 0 Å². The Hall–Kier alpha value is -1.38. The molecule has 3 heteroatoms. The van der Waals surface area contributed by atoms with Gasteiger partial charge in [-0.3, -0.25) is 4.79 Å². The average molecular weight is 235 g/mol. The van der Waals surface area contributed by atoms with Gasteiger partial charge in [-0.25, -0.2) is 4.39 Å². The molecule has 0 bridgehead atoms. The van der Waals surface area contributed by atoms with Crippen molar-refractivity contribution in [1.29, 1.82) is 0 Å². The molecule has 1 saturated carbocycles. The minimum Gasteiger partial charge on any atom is -0.371 e. The predicted molar refractivity (Wildman–Crippen MR) is 67.0 cm³/mol. The summed E-state index contributed by atoms with van der Waals surface area (Å²) < 4.78 is 13.8. The van der Waals surface area contributed by atoms with Gasteiger partial charge in [-0.15, -0.1) is 0 Å². The fourth-order valence-corrected chi connectivity index (χ4v) is 2.70. The second kappa shape index (κ2) is 5.30. The first-order valence-electron chi connectivity index (χ1n) is 6.17. The molecule has 0 radical (unpaired) electrons. The molecule has 1 fully saturated rings. The van der Waals surface area contributed by atoms with E-state index in [2.05, 4.69) is 0 Å². The molecule has 0 atom stereocenters. The molecule has 0 aliphatic heterocycles. The van der Waals surface area contributed by atoms with E-state index >= 15 is 0 Å². The Morgan fingerprint density at radius 1 is 1.41 bits per heavy atom. The van der Waals surface area contributed by atoms with Gasteiger partial charge in [-0.1, -0.05) is 18.9 Å². The first kappa shape index (κ1) is 12.1. The number of aldehydes is 1. The normalized spacial score (nSPS) is 16.1. The highest BCUT2D eigenvalue weighted by Crippen LogP contribution is 2.29. The summed E-state index contributed by atoms with van der Waals surface area (Å²) in [7, 11) is 1.86. The monoisotopic (exact) mass is 235 g/mol. The van der Waals surface area contributed by atoms with E-state index in [-0.39, 0.29) is 5.82 Å². The molecule has 1 aromatic carbocycles. The van der Waals surface area contributed by atoms with Crippen molar-refractivity contribution in [2.24, 2.45) is 5.92 Å². The maximum absolute atomic E-state index is 13.8. The third kappa shape index (κ3) is 2.65. The molecule has 1 aliphatic rings. The van der Waals surface area contributed by atoms with Crippen LogP contribution in [0.5, 0.6) is 0 Å². The van der Waals surface area contributed by atoms with Crippen LogP contribution in [0.4, 0.5) is 10.1 Å². The second-order valence-electron chi connectivity index (χ2n) is 4.83. The van der Waals surface area contributed by atoms with Crippen LogP contribution in [0.3, 0.4) is 0 Å². The molecule has 17 heavy (non-hydrogen) atoms. The van der Waals surface area contributed by atoms with Crippen molar-refractivity contribution in [2.45, 2.75) is 25.7 Å². The first-order valence-corrected chi connectivity index (χ1v) is 6.17. The molecule has 1 aliphatic carbocycles. The zero-order valence-corrected chi connectivity index (χ0v) is 10.2. The van der Waals surface area contributed by atoms with Crippen LogP contribution in [0.1, 0.15) is 36.0 Å². The fraction of sp³-hybridized carbons (Fsp3) is 0.500. The standard InChI is InChI=1S/C14H18FNO/c1-16(9-11-5-2-3-6-11)14-12(10-17)7-4-8-13(14)15/h4,7-8,10-11H,2-3,5-6,9H2,1H3. The maximum atomic E-state index is 13.8. The summed E-state index contributed by atoms with van der Waals surface area (Å²) in [4.78, 5) is 12.8. The molecule has 92 valence electrons. The molecule has 0 spiro atoms. The van der Waals surface area contributed by atoms with Crippen molar-refractivity contribution in [1.82, 2.24) is 0 Å². The molecule has 0 saturated heterocycles. The number of rotatable bonds is 4. The van der Waals surface area contributed by atoms with Gasteiger partial charge in [-0.05, 0) is 30.9 Å². The van der Waals surface area contributed by atoms with Crippen LogP contribution in [0.25, 0.3) is 0 Å². The van der Waals surface area contributed by atoms with Gasteiger partial charge in [0.05, 0.1) is 5.69 Å². The van der Waals surface area contributed by atoms with Crippen molar-refractivity contribution in [3.05, 3.63) is 29.6 Å². The van der Waals surface area contributed by atoms with E-state index in [1.165, 1.54) is 31.7 Å².